The van der Waals surface area contributed by atoms with Crippen LogP contribution in [-0.2, 0) is 9.53 Å². The van der Waals surface area contributed by atoms with Crippen molar-refractivity contribution in [2.75, 3.05) is 6.61 Å². The second-order valence-corrected chi connectivity index (χ2v) is 2.39. The van der Waals surface area contributed by atoms with E-state index in [0.717, 1.165) is 6.08 Å². The Kier molecular flexibility index (Phi) is 5.50. The van der Waals surface area contributed by atoms with Crippen LogP contribution < -0.4 is 0 Å². The molecule has 0 saturated heterocycles. The summed E-state index contributed by atoms with van der Waals surface area (Å²) < 4.78 is 4.55. The smallest absolute Gasteiger partial charge is 0.337 e. The molecule has 0 unspecified atom stereocenters. The molecule has 74 valence electrons. The predicted octanol–water partition coefficient (Wildman–Crippen LogP) is 1.51. The van der Waals surface area contributed by atoms with Gasteiger partial charge in [-0.3, -0.25) is 10.1 Å². The van der Waals surface area contributed by atoms with Gasteiger partial charge in [0.1, 0.15) is 0 Å². The van der Waals surface area contributed by atoms with Crippen LogP contribution in [0.5, 0.6) is 0 Å². The Labute approximate surface area is 76.5 Å². The van der Waals surface area contributed by atoms with Crippen molar-refractivity contribution in [3.05, 3.63) is 21.9 Å². The first-order valence-electron chi connectivity index (χ1n) is 4.13. The van der Waals surface area contributed by atoms with Crippen molar-refractivity contribution in [2.24, 2.45) is 0 Å². The second-order valence-electron chi connectivity index (χ2n) is 2.39. The van der Waals surface area contributed by atoms with Gasteiger partial charge in [0, 0.05) is 6.42 Å². The lowest BCUT2D eigenvalue weighted by Crippen LogP contribution is -2.05. The summed E-state index contributed by atoms with van der Waals surface area (Å²) in [4.78, 5) is 20.6. The lowest BCUT2D eigenvalue weighted by Gasteiger charge is -1.97. The fourth-order valence-corrected chi connectivity index (χ4v) is 0.792. The molecule has 0 spiro atoms. The Bertz CT molecular complexity index is 222. The van der Waals surface area contributed by atoms with Gasteiger partial charge in [0.25, 0.3) is 5.70 Å². The average Bonchev–Trinajstić information content (AvgIpc) is 2.04. The molecule has 0 rings (SSSR count). The van der Waals surface area contributed by atoms with E-state index in [0.29, 0.717) is 6.42 Å². The summed E-state index contributed by atoms with van der Waals surface area (Å²) in [6, 6.07) is 0. The van der Waals surface area contributed by atoms with Crippen LogP contribution in [0.15, 0.2) is 11.8 Å². The molecule has 0 N–H and O–H groups in total. The molecular formula is C8H13NO4. The lowest BCUT2D eigenvalue weighted by atomic mass is 10.2. The molecule has 13 heavy (non-hydrogen) atoms. The summed E-state index contributed by atoms with van der Waals surface area (Å²) in [5, 5.41) is 10.4. The van der Waals surface area contributed by atoms with E-state index in [2.05, 4.69) is 4.74 Å². The van der Waals surface area contributed by atoms with E-state index in [9.17, 15) is 14.9 Å². The van der Waals surface area contributed by atoms with Crippen LogP contribution in [0, 0.1) is 10.1 Å². The summed E-state index contributed by atoms with van der Waals surface area (Å²) >= 11 is 0. The van der Waals surface area contributed by atoms with Crippen LogP contribution in [0.4, 0.5) is 0 Å². The molecule has 0 aromatic heterocycles. The molecule has 0 saturated carbocycles. The molecule has 0 amide bonds. The van der Waals surface area contributed by atoms with Gasteiger partial charge in [-0.1, -0.05) is 6.92 Å². The van der Waals surface area contributed by atoms with E-state index < -0.39 is 10.9 Å². The Morgan fingerprint density at radius 1 is 1.54 bits per heavy atom. The maximum atomic E-state index is 10.8. The minimum absolute atomic E-state index is 0.0963. The maximum Gasteiger partial charge on any atom is 0.337 e. The van der Waals surface area contributed by atoms with Crippen LogP contribution in [0.2, 0.25) is 0 Å². The van der Waals surface area contributed by atoms with Crippen molar-refractivity contribution in [1.82, 2.24) is 0 Å². The summed E-state index contributed by atoms with van der Waals surface area (Å²) in [7, 11) is 0. The highest BCUT2D eigenvalue weighted by Crippen LogP contribution is 2.05. The van der Waals surface area contributed by atoms with Crippen molar-refractivity contribution in [3.8, 4) is 0 Å². The molecule has 0 bridgehead atoms. The number of hydrogen-bond donors (Lipinski definition) is 0. The van der Waals surface area contributed by atoms with Gasteiger partial charge < -0.3 is 4.74 Å². The van der Waals surface area contributed by atoms with Crippen LogP contribution >= 0.6 is 0 Å². The topological polar surface area (TPSA) is 69.4 Å². The third kappa shape index (κ3) is 4.95. The SMILES string of the molecule is CCC/C(=C/C(=O)OCC)[N+](=O)[O-]. The molecular weight excluding hydrogens is 174 g/mol. The van der Waals surface area contributed by atoms with E-state index in [1.54, 1.807) is 6.92 Å². The van der Waals surface area contributed by atoms with Gasteiger partial charge in [0.05, 0.1) is 17.6 Å². The van der Waals surface area contributed by atoms with Crippen molar-refractivity contribution in [2.45, 2.75) is 26.7 Å². The molecule has 5 nitrogen and oxygen atoms in total. The second kappa shape index (κ2) is 6.16. The summed E-state index contributed by atoms with van der Waals surface area (Å²) in [6.07, 6.45) is 1.85. The van der Waals surface area contributed by atoms with E-state index >= 15 is 0 Å². The van der Waals surface area contributed by atoms with Crippen LogP contribution in [0.25, 0.3) is 0 Å². The van der Waals surface area contributed by atoms with Gasteiger partial charge >= 0.3 is 5.97 Å². The molecule has 0 atom stereocenters. The van der Waals surface area contributed by atoms with Crippen molar-refractivity contribution in [3.63, 3.8) is 0 Å². The first kappa shape index (κ1) is 11.6. The lowest BCUT2D eigenvalue weighted by molar-refractivity contribution is -0.428. The van der Waals surface area contributed by atoms with Crippen molar-refractivity contribution in [1.29, 1.82) is 0 Å². The number of allylic oxidation sites excluding steroid dienone is 1. The van der Waals surface area contributed by atoms with Crippen LogP contribution in [0.3, 0.4) is 0 Å². The van der Waals surface area contributed by atoms with Gasteiger partial charge in [0.2, 0.25) is 0 Å². The number of hydrogen-bond acceptors (Lipinski definition) is 4. The molecule has 0 aliphatic carbocycles. The van der Waals surface area contributed by atoms with Gasteiger partial charge in [0.15, 0.2) is 0 Å². The highest BCUT2D eigenvalue weighted by molar-refractivity contribution is 5.82. The van der Waals surface area contributed by atoms with Gasteiger partial charge in [-0.2, -0.15) is 0 Å². The minimum atomic E-state index is -0.650. The van der Waals surface area contributed by atoms with Gasteiger partial charge in [-0.25, -0.2) is 4.79 Å². The highest BCUT2D eigenvalue weighted by atomic mass is 16.6. The van der Waals surface area contributed by atoms with Gasteiger partial charge in [-0.15, -0.1) is 0 Å². The zero-order valence-corrected chi connectivity index (χ0v) is 7.78. The molecule has 0 fully saturated rings. The largest absolute Gasteiger partial charge is 0.463 e. The number of nitro groups is 1. The normalized spacial score (nSPS) is 11.1. The minimum Gasteiger partial charge on any atom is -0.463 e. The van der Waals surface area contributed by atoms with Crippen molar-refractivity contribution >= 4 is 5.97 Å². The number of carbonyl (C=O) groups is 1. The monoisotopic (exact) mass is 187 g/mol. The molecule has 0 aliphatic rings. The molecule has 5 heteroatoms. The Morgan fingerprint density at radius 2 is 2.15 bits per heavy atom. The summed E-state index contributed by atoms with van der Waals surface area (Å²) in [6.45, 7) is 3.69. The number of esters is 1. The summed E-state index contributed by atoms with van der Waals surface area (Å²) in [5.74, 6) is -0.650. The highest BCUT2D eigenvalue weighted by Gasteiger charge is 2.12. The van der Waals surface area contributed by atoms with Crippen molar-refractivity contribution < 1.29 is 14.5 Å². The zero-order chi connectivity index (χ0) is 10.3. The fourth-order valence-electron chi connectivity index (χ4n) is 0.792. The third-order valence-corrected chi connectivity index (χ3v) is 1.31. The Morgan fingerprint density at radius 3 is 2.54 bits per heavy atom. The predicted molar refractivity (Wildman–Crippen MR) is 46.6 cm³/mol. The first-order valence-corrected chi connectivity index (χ1v) is 4.13. The Hall–Kier alpha value is -1.39. The van der Waals surface area contributed by atoms with Gasteiger partial charge in [-0.05, 0) is 13.3 Å². The Balaban J connectivity index is 4.34. The number of ether oxygens (including phenoxy) is 1. The van der Waals surface area contributed by atoms with Crippen LogP contribution in [0.1, 0.15) is 26.7 Å². The summed E-state index contributed by atoms with van der Waals surface area (Å²) in [5.41, 5.74) is -0.0963. The first-order chi connectivity index (χ1) is 6.11. The number of carbonyl (C=O) groups excluding carboxylic acids is 1. The average molecular weight is 187 g/mol. The fraction of sp³-hybridized carbons (Fsp3) is 0.625. The van der Waals surface area contributed by atoms with E-state index in [4.69, 9.17) is 0 Å². The number of nitrogens with zero attached hydrogens (tertiary/aromatic N) is 1. The zero-order valence-electron chi connectivity index (χ0n) is 7.78. The molecule has 0 aromatic carbocycles. The quantitative estimate of drug-likeness (QED) is 0.283. The number of rotatable bonds is 5. The molecule has 0 aromatic rings. The molecule has 0 aliphatic heterocycles. The molecule has 0 heterocycles. The van der Waals surface area contributed by atoms with E-state index in [-0.39, 0.29) is 18.7 Å². The van der Waals surface area contributed by atoms with Crippen LogP contribution in [-0.4, -0.2) is 17.5 Å². The molecule has 0 radical (unpaired) electrons. The maximum absolute atomic E-state index is 10.8. The van der Waals surface area contributed by atoms with E-state index in [1.807, 2.05) is 6.92 Å². The van der Waals surface area contributed by atoms with E-state index in [1.165, 1.54) is 0 Å². The third-order valence-electron chi connectivity index (χ3n) is 1.31. The standard InChI is InChI=1S/C8H13NO4/c1-3-5-7(9(11)12)6-8(10)13-4-2/h6H,3-5H2,1-2H3/b7-6-.